The Balaban J connectivity index is 2.92. The second-order valence-corrected chi connectivity index (χ2v) is 1.99. The predicted molar refractivity (Wildman–Crippen MR) is 33.2 cm³/mol. The number of H-pyrrole nitrogens is 1. The molecule has 8 heavy (non-hydrogen) atoms. The first-order valence-corrected chi connectivity index (χ1v) is 2.99. The highest BCUT2D eigenvalue weighted by Gasteiger charge is 1.96. The van der Waals surface area contributed by atoms with E-state index < -0.39 is 0 Å². The summed E-state index contributed by atoms with van der Waals surface area (Å²) in [5.74, 6) is 0.412. The molecule has 0 atom stereocenters. The fourth-order valence-corrected chi connectivity index (χ4v) is 0.824. The maximum Gasteiger partial charge on any atom is 0.128 e. The maximum absolute atomic E-state index is 5.54. The van der Waals surface area contributed by atoms with Crippen molar-refractivity contribution in [3.8, 4) is 0 Å². The molecule has 0 aliphatic carbocycles. The standard InChI is InChI=1S/C4H4Cl2N2/c5-1-3-2-7-8-4(3)6/h2H,1H2,(H,7,8). The van der Waals surface area contributed by atoms with Gasteiger partial charge in [0.25, 0.3) is 0 Å². The van der Waals surface area contributed by atoms with Crippen molar-refractivity contribution in [1.29, 1.82) is 0 Å². The average Bonchev–Trinajstić information content (AvgIpc) is 2.14. The molecule has 0 spiro atoms. The van der Waals surface area contributed by atoms with Gasteiger partial charge < -0.3 is 0 Å². The van der Waals surface area contributed by atoms with Gasteiger partial charge in [-0.2, -0.15) is 5.10 Å². The van der Waals surface area contributed by atoms with Crippen LogP contribution in [0.1, 0.15) is 5.56 Å². The monoisotopic (exact) mass is 150 g/mol. The lowest BCUT2D eigenvalue weighted by Gasteiger charge is -1.82. The quantitative estimate of drug-likeness (QED) is 0.609. The third kappa shape index (κ3) is 0.956. The Bertz CT molecular complexity index is 172. The summed E-state index contributed by atoms with van der Waals surface area (Å²) in [6.45, 7) is 0. The van der Waals surface area contributed by atoms with Crippen molar-refractivity contribution in [2.45, 2.75) is 5.88 Å². The lowest BCUT2D eigenvalue weighted by Crippen LogP contribution is -1.69. The topological polar surface area (TPSA) is 28.7 Å². The Morgan fingerprint density at radius 3 is 2.75 bits per heavy atom. The van der Waals surface area contributed by atoms with E-state index in [0.29, 0.717) is 11.0 Å². The Morgan fingerprint density at radius 2 is 2.50 bits per heavy atom. The van der Waals surface area contributed by atoms with Crippen molar-refractivity contribution in [3.05, 3.63) is 16.9 Å². The Kier molecular flexibility index (Phi) is 1.76. The van der Waals surface area contributed by atoms with Crippen LogP contribution >= 0.6 is 23.2 Å². The number of hydrogen-bond acceptors (Lipinski definition) is 1. The highest BCUT2D eigenvalue weighted by atomic mass is 35.5. The largest absolute Gasteiger partial charge is 0.267 e. The summed E-state index contributed by atoms with van der Waals surface area (Å²) >= 11 is 11.0. The second kappa shape index (κ2) is 2.37. The predicted octanol–water partition coefficient (Wildman–Crippen LogP) is 1.80. The summed E-state index contributed by atoms with van der Waals surface area (Å²) < 4.78 is 0. The minimum atomic E-state index is 0.412. The van der Waals surface area contributed by atoms with Crippen molar-refractivity contribution in [1.82, 2.24) is 10.2 Å². The Hall–Kier alpha value is -0.210. The number of alkyl halides is 1. The van der Waals surface area contributed by atoms with E-state index >= 15 is 0 Å². The number of hydrogen-bond donors (Lipinski definition) is 1. The molecule has 0 unspecified atom stereocenters. The van der Waals surface area contributed by atoms with E-state index in [1.165, 1.54) is 0 Å². The minimum Gasteiger partial charge on any atom is -0.267 e. The molecule has 0 amide bonds. The molecule has 0 saturated carbocycles. The molecule has 0 aromatic carbocycles. The van der Waals surface area contributed by atoms with E-state index in [1.54, 1.807) is 6.20 Å². The molecule has 0 saturated heterocycles. The van der Waals surface area contributed by atoms with Crippen LogP contribution in [0.3, 0.4) is 0 Å². The van der Waals surface area contributed by atoms with E-state index in [-0.39, 0.29) is 0 Å². The molecule has 0 aliphatic heterocycles. The molecule has 1 aromatic rings. The average molecular weight is 151 g/mol. The van der Waals surface area contributed by atoms with Crippen LogP contribution < -0.4 is 0 Å². The van der Waals surface area contributed by atoms with Gasteiger partial charge >= 0.3 is 0 Å². The van der Waals surface area contributed by atoms with Crippen LogP contribution in [0.5, 0.6) is 0 Å². The zero-order valence-electron chi connectivity index (χ0n) is 3.99. The summed E-state index contributed by atoms with van der Waals surface area (Å²) in [5, 5.41) is 6.73. The van der Waals surface area contributed by atoms with E-state index in [2.05, 4.69) is 10.2 Å². The van der Waals surface area contributed by atoms with Gasteiger partial charge in [0, 0.05) is 5.56 Å². The third-order valence-corrected chi connectivity index (χ3v) is 1.42. The molecule has 44 valence electrons. The maximum atomic E-state index is 5.54. The van der Waals surface area contributed by atoms with Crippen LogP contribution in [-0.4, -0.2) is 10.2 Å². The lowest BCUT2D eigenvalue weighted by atomic mass is 10.4. The van der Waals surface area contributed by atoms with Gasteiger partial charge in [0.2, 0.25) is 0 Å². The van der Waals surface area contributed by atoms with Crippen molar-refractivity contribution in [2.24, 2.45) is 0 Å². The van der Waals surface area contributed by atoms with Crippen molar-refractivity contribution in [2.75, 3.05) is 0 Å². The normalized spacial score (nSPS) is 9.75. The molecular formula is C4H4Cl2N2. The van der Waals surface area contributed by atoms with Gasteiger partial charge in [0.05, 0.1) is 12.1 Å². The summed E-state index contributed by atoms with van der Waals surface area (Å²) in [5.41, 5.74) is 0.841. The lowest BCUT2D eigenvalue weighted by molar-refractivity contribution is 1.09. The summed E-state index contributed by atoms with van der Waals surface area (Å²) in [7, 11) is 0. The van der Waals surface area contributed by atoms with Crippen LogP contribution in [0, 0.1) is 0 Å². The van der Waals surface area contributed by atoms with Gasteiger partial charge in [-0.1, -0.05) is 11.6 Å². The van der Waals surface area contributed by atoms with E-state index in [4.69, 9.17) is 23.2 Å². The van der Waals surface area contributed by atoms with E-state index in [9.17, 15) is 0 Å². The molecule has 1 heterocycles. The Morgan fingerprint density at radius 1 is 1.75 bits per heavy atom. The summed E-state index contributed by atoms with van der Waals surface area (Å²) in [6.07, 6.45) is 1.61. The number of nitrogens with one attached hydrogen (secondary N) is 1. The van der Waals surface area contributed by atoms with Crippen molar-refractivity contribution < 1.29 is 0 Å². The number of aromatic nitrogens is 2. The van der Waals surface area contributed by atoms with Gasteiger partial charge in [-0.05, 0) is 0 Å². The first-order valence-electron chi connectivity index (χ1n) is 2.08. The SMILES string of the molecule is ClCc1cn[nH]c1Cl. The van der Waals surface area contributed by atoms with Crippen LogP contribution in [0.25, 0.3) is 0 Å². The molecule has 2 nitrogen and oxygen atoms in total. The van der Waals surface area contributed by atoms with E-state index in [1.807, 2.05) is 0 Å². The van der Waals surface area contributed by atoms with E-state index in [0.717, 1.165) is 5.56 Å². The van der Waals surface area contributed by atoms with Gasteiger partial charge in [-0.3, -0.25) is 5.10 Å². The summed E-state index contributed by atoms with van der Waals surface area (Å²) in [6, 6.07) is 0. The van der Waals surface area contributed by atoms with Crippen LogP contribution in [0.2, 0.25) is 5.15 Å². The molecule has 4 heteroatoms. The molecular weight excluding hydrogens is 147 g/mol. The first-order chi connectivity index (χ1) is 3.84. The van der Waals surface area contributed by atoms with Crippen molar-refractivity contribution >= 4 is 23.2 Å². The summed E-state index contributed by atoms with van der Waals surface area (Å²) in [4.78, 5) is 0. The number of halogens is 2. The number of nitrogens with zero attached hydrogens (tertiary/aromatic N) is 1. The fourth-order valence-electron chi connectivity index (χ4n) is 0.389. The van der Waals surface area contributed by atoms with Crippen molar-refractivity contribution in [3.63, 3.8) is 0 Å². The molecule has 0 bridgehead atoms. The zero-order valence-corrected chi connectivity index (χ0v) is 5.50. The van der Waals surface area contributed by atoms with Crippen LogP contribution in [0.15, 0.2) is 6.20 Å². The highest BCUT2D eigenvalue weighted by Crippen LogP contribution is 2.12. The third-order valence-electron chi connectivity index (χ3n) is 0.809. The molecule has 0 radical (unpaired) electrons. The highest BCUT2D eigenvalue weighted by molar-refractivity contribution is 6.31. The molecule has 1 aromatic heterocycles. The number of rotatable bonds is 1. The van der Waals surface area contributed by atoms with Gasteiger partial charge in [-0.15, -0.1) is 11.6 Å². The van der Waals surface area contributed by atoms with Crippen LogP contribution in [-0.2, 0) is 5.88 Å². The van der Waals surface area contributed by atoms with Gasteiger partial charge in [0.15, 0.2) is 0 Å². The van der Waals surface area contributed by atoms with Gasteiger partial charge in [0.1, 0.15) is 5.15 Å². The first kappa shape index (κ1) is 5.92. The molecule has 1 rings (SSSR count). The smallest absolute Gasteiger partial charge is 0.128 e. The van der Waals surface area contributed by atoms with Gasteiger partial charge in [-0.25, -0.2) is 0 Å². The molecule has 0 fully saturated rings. The fraction of sp³-hybridized carbons (Fsp3) is 0.250. The zero-order chi connectivity index (χ0) is 5.98. The molecule has 1 N–H and O–H groups in total. The molecule has 0 aliphatic rings. The number of aromatic amines is 1. The Labute approximate surface area is 56.8 Å². The van der Waals surface area contributed by atoms with Crippen LogP contribution in [0.4, 0.5) is 0 Å². The second-order valence-electron chi connectivity index (χ2n) is 1.34. The minimum absolute atomic E-state index is 0.412.